The molecule has 0 bridgehead atoms. The highest BCUT2D eigenvalue weighted by atomic mass is 16.5. The van der Waals surface area contributed by atoms with Crippen LogP contribution in [0.3, 0.4) is 0 Å². The van der Waals surface area contributed by atoms with E-state index >= 15 is 0 Å². The van der Waals surface area contributed by atoms with E-state index in [1.807, 2.05) is 20.8 Å². The third-order valence-corrected chi connectivity index (χ3v) is 2.32. The number of amides is 1. The molecule has 3 N–H and O–H groups in total. The molecule has 1 amide bonds. The normalized spacial score (nSPS) is 12.6. The lowest BCUT2D eigenvalue weighted by molar-refractivity contribution is -0.133. The van der Waals surface area contributed by atoms with Gasteiger partial charge in [-0.05, 0) is 27.2 Å². The molecule has 0 saturated carbocycles. The van der Waals surface area contributed by atoms with E-state index in [-0.39, 0.29) is 31.3 Å². The Morgan fingerprint density at radius 2 is 1.75 bits per heavy atom. The van der Waals surface area contributed by atoms with Gasteiger partial charge in [0.2, 0.25) is 5.91 Å². The summed E-state index contributed by atoms with van der Waals surface area (Å²) in [6.45, 7) is 6.69. The second-order valence-corrected chi connectivity index (χ2v) is 4.90. The number of nitrogens with one attached hydrogen (secondary N) is 1. The van der Waals surface area contributed by atoms with Crippen molar-refractivity contribution in [2.45, 2.75) is 45.3 Å². The van der Waals surface area contributed by atoms with Crippen LogP contribution in [0.15, 0.2) is 0 Å². The molecule has 0 aromatic rings. The molecule has 0 aliphatic heterocycles. The third kappa shape index (κ3) is 5.44. The summed E-state index contributed by atoms with van der Waals surface area (Å²) in [5.41, 5.74) is -1.33. The van der Waals surface area contributed by atoms with Crippen molar-refractivity contribution < 1.29 is 19.7 Å². The first-order valence-electron chi connectivity index (χ1n) is 5.45. The topological polar surface area (TPSA) is 78.8 Å². The second-order valence-electron chi connectivity index (χ2n) is 4.90. The van der Waals surface area contributed by atoms with Crippen LogP contribution in [0.2, 0.25) is 0 Å². The van der Waals surface area contributed by atoms with E-state index in [1.54, 1.807) is 6.92 Å². The number of aliphatic hydroxyl groups is 2. The predicted octanol–water partition coefficient (Wildman–Crippen LogP) is 0.0511. The Hall–Kier alpha value is -0.650. The van der Waals surface area contributed by atoms with Gasteiger partial charge in [-0.3, -0.25) is 4.79 Å². The molecule has 0 spiro atoms. The Labute approximate surface area is 96.8 Å². The minimum atomic E-state index is -0.946. The predicted molar refractivity (Wildman–Crippen MR) is 61.0 cm³/mol. The van der Waals surface area contributed by atoms with E-state index in [1.165, 1.54) is 0 Å². The lowest BCUT2D eigenvalue weighted by atomic mass is 9.98. The molecule has 0 fully saturated rings. The van der Waals surface area contributed by atoms with Gasteiger partial charge in [0.1, 0.15) is 6.61 Å². The fraction of sp³-hybridized carbons (Fsp3) is 0.909. The molecule has 96 valence electrons. The molecule has 0 aromatic carbocycles. The second kappa shape index (κ2) is 6.18. The van der Waals surface area contributed by atoms with Crippen LogP contribution < -0.4 is 5.32 Å². The van der Waals surface area contributed by atoms with Crippen LogP contribution in [0.1, 0.15) is 34.1 Å². The van der Waals surface area contributed by atoms with Crippen LogP contribution in [0.25, 0.3) is 0 Å². The fourth-order valence-electron chi connectivity index (χ4n) is 1.05. The van der Waals surface area contributed by atoms with Crippen molar-refractivity contribution in [2.75, 3.05) is 19.8 Å². The van der Waals surface area contributed by atoms with Gasteiger partial charge in [0.15, 0.2) is 0 Å². The lowest BCUT2D eigenvalue weighted by Gasteiger charge is -2.30. The SMILES string of the molecule is CCC(CO)(CO)NC(=O)COC(C)(C)C. The summed E-state index contributed by atoms with van der Waals surface area (Å²) < 4.78 is 5.30. The molecule has 0 atom stereocenters. The van der Waals surface area contributed by atoms with Gasteiger partial charge in [-0.15, -0.1) is 0 Å². The highest BCUT2D eigenvalue weighted by molar-refractivity contribution is 5.78. The Kier molecular flexibility index (Phi) is 5.92. The zero-order valence-electron chi connectivity index (χ0n) is 10.5. The van der Waals surface area contributed by atoms with E-state index in [4.69, 9.17) is 14.9 Å². The summed E-state index contributed by atoms with van der Waals surface area (Å²) >= 11 is 0. The van der Waals surface area contributed by atoms with Gasteiger partial charge in [-0.1, -0.05) is 6.92 Å². The average molecular weight is 233 g/mol. The first-order valence-corrected chi connectivity index (χ1v) is 5.45. The van der Waals surface area contributed by atoms with E-state index < -0.39 is 5.54 Å². The van der Waals surface area contributed by atoms with Gasteiger partial charge in [0, 0.05) is 0 Å². The number of ether oxygens (including phenoxy) is 1. The summed E-state index contributed by atoms with van der Waals surface area (Å²) in [6, 6.07) is 0. The van der Waals surface area contributed by atoms with Crippen molar-refractivity contribution in [1.29, 1.82) is 0 Å². The highest BCUT2D eigenvalue weighted by Crippen LogP contribution is 2.09. The number of carbonyl (C=O) groups is 1. The molecule has 5 heteroatoms. The standard InChI is InChI=1S/C11H23NO4/c1-5-11(7-13,8-14)12-9(15)6-16-10(2,3)4/h13-14H,5-8H2,1-4H3,(H,12,15). The molecular weight excluding hydrogens is 210 g/mol. The summed E-state index contributed by atoms with van der Waals surface area (Å²) in [5.74, 6) is -0.333. The van der Waals surface area contributed by atoms with Gasteiger partial charge in [0.05, 0.1) is 24.4 Å². The Morgan fingerprint density at radius 1 is 1.25 bits per heavy atom. The zero-order valence-corrected chi connectivity index (χ0v) is 10.5. The number of hydrogen-bond acceptors (Lipinski definition) is 4. The monoisotopic (exact) mass is 233 g/mol. The molecule has 0 radical (unpaired) electrons. The van der Waals surface area contributed by atoms with Gasteiger partial charge >= 0.3 is 0 Å². The van der Waals surface area contributed by atoms with Crippen molar-refractivity contribution in [3.8, 4) is 0 Å². The molecular formula is C11H23NO4. The zero-order chi connectivity index (χ0) is 12.8. The summed E-state index contributed by atoms with van der Waals surface area (Å²) in [7, 11) is 0. The molecule has 0 heterocycles. The third-order valence-electron chi connectivity index (χ3n) is 2.32. The van der Waals surface area contributed by atoms with Gasteiger partial charge in [-0.2, -0.15) is 0 Å². The number of hydrogen-bond donors (Lipinski definition) is 3. The maximum Gasteiger partial charge on any atom is 0.246 e. The van der Waals surface area contributed by atoms with Crippen LogP contribution >= 0.6 is 0 Å². The van der Waals surface area contributed by atoms with Crippen LogP contribution in [0, 0.1) is 0 Å². The van der Waals surface area contributed by atoms with Crippen molar-refractivity contribution >= 4 is 5.91 Å². The fourth-order valence-corrected chi connectivity index (χ4v) is 1.05. The number of carbonyl (C=O) groups excluding carboxylic acids is 1. The van der Waals surface area contributed by atoms with Gasteiger partial charge in [0.25, 0.3) is 0 Å². The largest absolute Gasteiger partial charge is 0.394 e. The van der Waals surface area contributed by atoms with Crippen molar-refractivity contribution in [2.24, 2.45) is 0 Å². The minimum absolute atomic E-state index is 0.0781. The van der Waals surface area contributed by atoms with Crippen LogP contribution in [0.4, 0.5) is 0 Å². The molecule has 0 unspecified atom stereocenters. The molecule has 0 rings (SSSR count). The molecule has 0 aromatic heterocycles. The van der Waals surface area contributed by atoms with E-state index in [0.29, 0.717) is 6.42 Å². The smallest absolute Gasteiger partial charge is 0.246 e. The van der Waals surface area contributed by atoms with Crippen LogP contribution in [-0.4, -0.2) is 47.1 Å². The van der Waals surface area contributed by atoms with Gasteiger partial charge < -0.3 is 20.3 Å². The maximum atomic E-state index is 11.5. The summed E-state index contributed by atoms with van der Waals surface area (Å²) in [6.07, 6.45) is 0.460. The first kappa shape index (κ1) is 15.3. The van der Waals surface area contributed by atoms with Crippen molar-refractivity contribution in [3.05, 3.63) is 0 Å². The van der Waals surface area contributed by atoms with Crippen molar-refractivity contribution in [3.63, 3.8) is 0 Å². The number of aliphatic hydroxyl groups excluding tert-OH is 2. The summed E-state index contributed by atoms with van der Waals surface area (Å²) in [4.78, 5) is 11.5. The maximum absolute atomic E-state index is 11.5. The molecule has 16 heavy (non-hydrogen) atoms. The van der Waals surface area contributed by atoms with E-state index in [9.17, 15) is 4.79 Å². The Bertz CT molecular complexity index is 210. The van der Waals surface area contributed by atoms with Crippen LogP contribution in [0.5, 0.6) is 0 Å². The minimum Gasteiger partial charge on any atom is -0.394 e. The number of rotatable bonds is 6. The van der Waals surface area contributed by atoms with E-state index in [2.05, 4.69) is 5.32 Å². The molecule has 5 nitrogen and oxygen atoms in total. The van der Waals surface area contributed by atoms with E-state index in [0.717, 1.165) is 0 Å². The Morgan fingerprint density at radius 3 is 2.06 bits per heavy atom. The molecule has 0 saturated heterocycles. The Balaban J connectivity index is 4.21. The van der Waals surface area contributed by atoms with Crippen molar-refractivity contribution in [1.82, 2.24) is 5.32 Å². The average Bonchev–Trinajstić information content (AvgIpc) is 2.22. The first-order chi connectivity index (χ1) is 7.28. The molecule has 0 aliphatic carbocycles. The summed E-state index contributed by atoms with van der Waals surface area (Å²) in [5, 5.41) is 20.9. The van der Waals surface area contributed by atoms with Crippen LogP contribution in [-0.2, 0) is 9.53 Å². The van der Waals surface area contributed by atoms with Gasteiger partial charge in [-0.25, -0.2) is 0 Å². The lowest BCUT2D eigenvalue weighted by Crippen LogP contribution is -2.55. The molecule has 0 aliphatic rings. The quantitative estimate of drug-likeness (QED) is 0.606. The highest BCUT2D eigenvalue weighted by Gasteiger charge is 2.28.